The molecule has 9 heteroatoms. The number of nitrogens with zero attached hydrogens (tertiary/aromatic N) is 2. The molecule has 1 saturated heterocycles. The van der Waals surface area contributed by atoms with E-state index >= 15 is 0 Å². The number of aryl methyl sites for hydroxylation is 1. The van der Waals surface area contributed by atoms with Crippen molar-refractivity contribution in [2.75, 3.05) is 33.3 Å². The Morgan fingerprint density at radius 2 is 1.68 bits per heavy atom. The maximum Gasteiger partial charge on any atom is 0.349 e. The van der Waals surface area contributed by atoms with Gasteiger partial charge in [-0.2, -0.15) is 4.31 Å². The molecule has 1 fully saturated rings. The van der Waals surface area contributed by atoms with Crippen molar-refractivity contribution in [3.8, 4) is 5.75 Å². The summed E-state index contributed by atoms with van der Waals surface area (Å²) in [5, 5.41) is 0.572. The summed E-state index contributed by atoms with van der Waals surface area (Å²) in [7, 11) is -2.11. The third-order valence-corrected chi connectivity index (χ3v) is 7.27. The van der Waals surface area contributed by atoms with Gasteiger partial charge in [0.25, 0.3) is 5.91 Å². The maximum atomic E-state index is 12.9. The molecule has 0 bridgehead atoms. The van der Waals surface area contributed by atoms with Crippen molar-refractivity contribution in [1.29, 1.82) is 0 Å². The second-order valence-electron chi connectivity index (χ2n) is 7.36. The Morgan fingerprint density at radius 3 is 2.32 bits per heavy atom. The van der Waals surface area contributed by atoms with Crippen LogP contribution in [0, 0.1) is 6.92 Å². The van der Waals surface area contributed by atoms with E-state index in [-0.39, 0.29) is 36.6 Å². The van der Waals surface area contributed by atoms with Crippen LogP contribution in [0.3, 0.4) is 0 Å². The summed E-state index contributed by atoms with van der Waals surface area (Å²) in [6, 6.07) is 13.1. The molecule has 1 aliphatic rings. The standard InChI is InChI=1S/C22H22N2O6S/c1-15-3-6-18(7-4-15)31(27,28)24-11-9-23(10-12-24)21(25)19-14-16-13-17(29-2)5-8-20(16)30-22(19)26/h3-8,13-14H,9-12H2,1-2H3. The topological polar surface area (TPSA) is 97.1 Å². The van der Waals surface area contributed by atoms with E-state index in [0.29, 0.717) is 16.7 Å². The van der Waals surface area contributed by atoms with E-state index in [0.717, 1.165) is 5.56 Å². The number of sulfonamides is 1. The molecule has 2 heterocycles. The number of rotatable bonds is 4. The van der Waals surface area contributed by atoms with Gasteiger partial charge in [0.1, 0.15) is 16.9 Å². The Hall–Kier alpha value is -3.17. The van der Waals surface area contributed by atoms with E-state index in [2.05, 4.69) is 0 Å². The van der Waals surface area contributed by atoms with E-state index in [1.807, 2.05) is 6.92 Å². The normalized spacial score (nSPS) is 15.2. The second kappa shape index (κ2) is 8.16. The second-order valence-corrected chi connectivity index (χ2v) is 9.30. The highest BCUT2D eigenvalue weighted by Gasteiger charge is 2.31. The molecule has 8 nitrogen and oxygen atoms in total. The van der Waals surface area contributed by atoms with Gasteiger partial charge in [-0.1, -0.05) is 17.7 Å². The highest BCUT2D eigenvalue weighted by Crippen LogP contribution is 2.22. The van der Waals surface area contributed by atoms with E-state index in [9.17, 15) is 18.0 Å². The van der Waals surface area contributed by atoms with Crippen molar-refractivity contribution in [2.45, 2.75) is 11.8 Å². The highest BCUT2D eigenvalue weighted by atomic mass is 32.2. The minimum Gasteiger partial charge on any atom is -0.497 e. The smallest absolute Gasteiger partial charge is 0.349 e. The van der Waals surface area contributed by atoms with Gasteiger partial charge < -0.3 is 14.1 Å². The minimum absolute atomic E-state index is 0.0874. The fourth-order valence-corrected chi connectivity index (χ4v) is 4.96. The van der Waals surface area contributed by atoms with Crippen molar-refractivity contribution in [3.05, 3.63) is 70.1 Å². The minimum atomic E-state index is -3.64. The van der Waals surface area contributed by atoms with E-state index in [4.69, 9.17) is 9.15 Å². The number of ether oxygens (including phenoxy) is 1. The Labute approximate surface area is 179 Å². The number of carbonyl (C=O) groups excluding carboxylic acids is 1. The molecule has 0 unspecified atom stereocenters. The summed E-state index contributed by atoms with van der Waals surface area (Å²) in [4.78, 5) is 27.0. The van der Waals surface area contributed by atoms with Gasteiger partial charge in [0, 0.05) is 31.6 Å². The van der Waals surface area contributed by atoms with Crippen LogP contribution in [0.5, 0.6) is 5.75 Å². The van der Waals surface area contributed by atoms with Crippen LogP contribution in [-0.2, 0) is 10.0 Å². The van der Waals surface area contributed by atoms with Crippen LogP contribution in [0.2, 0.25) is 0 Å². The molecule has 4 rings (SSSR count). The van der Waals surface area contributed by atoms with E-state index < -0.39 is 21.6 Å². The predicted molar refractivity (Wildman–Crippen MR) is 115 cm³/mol. The van der Waals surface area contributed by atoms with Crippen LogP contribution in [-0.4, -0.2) is 56.8 Å². The van der Waals surface area contributed by atoms with Gasteiger partial charge in [-0.25, -0.2) is 13.2 Å². The molecule has 0 aliphatic carbocycles. The van der Waals surface area contributed by atoms with Crippen LogP contribution < -0.4 is 10.4 Å². The summed E-state index contributed by atoms with van der Waals surface area (Å²) in [6.45, 7) is 2.54. The van der Waals surface area contributed by atoms with Crippen molar-refractivity contribution in [2.24, 2.45) is 0 Å². The molecule has 1 amide bonds. The molecule has 0 saturated carbocycles. The Kier molecular flexibility index (Phi) is 5.55. The summed E-state index contributed by atoms with van der Waals surface area (Å²) >= 11 is 0. The Morgan fingerprint density at radius 1 is 1.00 bits per heavy atom. The quantitative estimate of drug-likeness (QED) is 0.575. The van der Waals surface area contributed by atoms with Crippen LogP contribution >= 0.6 is 0 Å². The summed E-state index contributed by atoms with van der Waals surface area (Å²) in [5.41, 5.74) is 0.519. The molecule has 0 radical (unpaired) electrons. The van der Waals surface area contributed by atoms with Crippen molar-refractivity contribution < 1.29 is 22.4 Å². The van der Waals surface area contributed by atoms with Crippen molar-refractivity contribution in [1.82, 2.24) is 9.21 Å². The first kappa shape index (κ1) is 21.1. The van der Waals surface area contributed by atoms with Crippen molar-refractivity contribution >= 4 is 26.9 Å². The van der Waals surface area contributed by atoms with Gasteiger partial charge in [0.05, 0.1) is 12.0 Å². The largest absolute Gasteiger partial charge is 0.497 e. The lowest BCUT2D eigenvalue weighted by Gasteiger charge is -2.33. The van der Waals surface area contributed by atoms with E-state index in [1.54, 1.807) is 42.5 Å². The zero-order valence-electron chi connectivity index (χ0n) is 17.2. The monoisotopic (exact) mass is 442 g/mol. The number of benzene rings is 2. The molecule has 31 heavy (non-hydrogen) atoms. The average Bonchev–Trinajstić information content (AvgIpc) is 2.78. The number of carbonyl (C=O) groups is 1. The number of hydrogen-bond donors (Lipinski definition) is 0. The average molecular weight is 442 g/mol. The summed E-state index contributed by atoms with van der Waals surface area (Å²) in [5.74, 6) is 0.0977. The van der Waals surface area contributed by atoms with Crippen LogP contribution in [0.25, 0.3) is 11.0 Å². The lowest BCUT2D eigenvalue weighted by molar-refractivity contribution is 0.0694. The fourth-order valence-electron chi connectivity index (χ4n) is 3.54. The molecule has 0 atom stereocenters. The lowest BCUT2D eigenvalue weighted by Crippen LogP contribution is -2.51. The molecular weight excluding hydrogens is 420 g/mol. The van der Waals surface area contributed by atoms with Gasteiger partial charge in [0.2, 0.25) is 10.0 Å². The van der Waals surface area contributed by atoms with Gasteiger partial charge >= 0.3 is 5.63 Å². The molecule has 2 aromatic carbocycles. The lowest BCUT2D eigenvalue weighted by atomic mass is 10.1. The van der Waals surface area contributed by atoms with Crippen LogP contribution in [0.15, 0.2) is 62.6 Å². The van der Waals surface area contributed by atoms with Gasteiger partial charge in [-0.3, -0.25) is 4.79 Å². The Bertz CT molecular complexity index is 1290. The third kappa shape index (κ3) is 4.06. The molecule has 1 aliphatic heterocycles. The zero-order chi connectivity index (χ0) is 22.2. The van der Waals surface area contributed by atoms with Crippen LogP contribution in [0.1, 0.15) is 15.9 Å². The highest BCUT2D eigenvalue weighted by molar-refractivity contribution is 7.89. The van der Waals surface area contributed by atoms with Crippen LogP contribution in [0.4, 0.5) is 0 Å². The Balaban J connectivity index is 1.52. The molecule has 162 valence electrons. The maximum absolute atomic E-state index is 12.9. The van der Waals surface area contributed by atoms with Gasteiger partial charge in [0.15, 0.2) is 0 Å². The van der Waals surface area contributed by atoms with Gasteiger partial charge in [-0.15, -0.1) is 0 Å². The summed E-state index contributed by atoms with van der Waals surface area (Å²) < 4.78 is 37.5. The molecular formula is C22H22N2O6S. The number of amides is 1. The molecule has 0 spiro atoms. The van der Waals surface area contributed by atoms with Gasteiger partial charge in [-0.05, 0) is 43.3 Å². The first-order chi connectivity index (χ1) is 14.8. The van der Waals surface area contributed by atoms with Crippen molar-refractivity contribution in [3.63, 3.8) is 0 Å². The number of methoxy groups -OCH3 is 1. The zero-order valence-corrected chi connectivity index (χ0v) is 18.0. The SMILES string of the molecule is COc1ccc2oc(=O)c(C(=O)N3CCN(S(=O)(=O)c4ccc(C)cc4)CC3)cc2c1. The third-order valence-electron chi connectivity index (χ3n) is 5.35. The number of hydrogen-bond acceptors (Lipinski definition) is 6. The molecule has 3 aromatic rings. The molecule has 1 aromatic heterocycles. The summed E-state index contributed by atoms with van der Waals surface area (Å²) in [6.07, 6.45) is 0. The molecule has 0 N–H and O–H groups in total. The number of fused-ring (bicyclic) bond motifs is 1. The first-order valence-electron chi connectivity index (χ1n) is 9.77. The number of piperazine rings is 1. The predicted octanol–water partition coefficient (Wildman–Crippen LogP) is 2.26. The fraction of sp³-hybridized carbons (Fsp3) is 0.273. The van der Waals surface area contributed by atoms with E-state index in [1.165, 1.54) is 22.4 Å². The first-order valence-corrected chi connectivity index (χ1v) is 11.2.